The van der Waals surface area contributed by atoms with E-state index in [2.05, 4.69) is 78.0 Å². The molecule has 13 heteroatoms. The van der Waals surface area contributed by atoms with Crippen molar-refractivity contribution in [3.05, 3.63) is 95.7 Å². The van der Waals surface area contributed by atoms with Crippen molar-refractivity contribution in [2.75, 3.05) is 69.8 Å². The van der Waals surface area contributed by atoms with E-state index in [0.29, 0.717) is 65.4 Å². The lowest BCUT2D eigenvalue weighted by Crippen LogP contribution is -2.32. The van der Waals surface area contributed by atoms with E-state index >= 15 is 0 Å². The minimum Gasteiger partial charge on any atom is -0.355 e. The zero-order chi connectivity index (χ0) is 40.1. The Labute approximate surface area is 329 Å². The fourth-order valence-electron chi connectivity index (χ4n) is 7.73. The minimum absolute atomic E-state index is 0.00996. The molecule has 3 N–H and O–H groups in total. The molecular weight excluding hydrogens is 734 g/mol. The van der Waals surface area contributed by atoms with Gasteiger partial charge in [0.15, 0.2) is 12.3 Å². The minimum atomic E-state index is -3.32. The van der Waals surface area contributed by atoms with Crippen molar-refractivity contribution < 1.29 is 36.6 Å². The number of carbonyl (C=O) groups excluding carboxylic acids is 1. The Morgan fingerprint density at radius 2 is 1.44 bits per heavy atom. The number of hydrogen-bond donors (Lipinski definition) is 2. The molecule has 0 bridgehead atoms. The van der Waals surface area contributed by atoms with Crippen LogP contribution in [0.5, 0.6) is 0 Å². The quantitative estimate of drug-likeness (QED) is 0.0645. The molecule has 0 aromatic heterocycles. The Morgan fingerprint density at radius 3 is 2.07 bits per heavy atom. The van der Waals surface area contributed by atoms with Crippen LogP contribution in [-0.4, -0.2) is 81.1 Å². The molecule has 1 unspecified atom stereocenters. The Kier molecular flexibility index (Phi) is 16.5. The van der Waals surface area contributed by atoms with Crippen LogP contribution < -0.4 is 16.0 Å². The summed E-state index contributed by atoms with van der Waals surface area (Å²) < 4.78 is 51.9. The lowest BCUT2D eigenvalue weighted by atomic mass is 9.77. The number of nitrogens with two attached hydrogens (primary N) is 1. The van der Waals surface area contributed by atoms with Gasteiger partial charge in [0.05, 0.1) is 38.0 Å². The van der Waals surface area contributed by atoms with E-state index in [1.54, 1.807) is 0 Å². The average molecular weight is 798 g/mol. The van der Waals surface area contributed by atoms with E-state index in [0.717, 1.165) is 34.8 Å². The molecule has 0 fully saturated rings. The van der Waals surface area contributed by atoms with Crippen LogP contribution in [0.3, 0.4) is 0 Å². The first kappa shape index (κ1) is 44.6. The lowest BCUT2D eigenvalue weighted by Gasteiger charge is -2.31. The molecule has 2 aromatic rings. The van der Waals surface area contributed by atoms with Crippen molar-refractivity contribution in [1.29, 1.82) is 0 Å². The number of amides is 1. The summed E-state index contributed by atoms with van der Waals surface area (Å²) in [6.07, 6.45) is 12.7. The number of allylic oxidation sites excluding steroid dienone is 6. The summed E-state index contributed by atoms with van der Waals surface area (Å²) in [6, 6.07) is 16.6. The first-order chi connectivity index (χ1) is 26.3. The molecule has 0 saturated heterocycles. The highest BCUT2D eigenvalue weighted by Crippen LogP contribution is 2.53. The standard InChI is InChI=1S/C42H62N4O7P2/c1-8-50-54(48,51-9-2)32-30-45-36-22-17-15-20-34(36)41(5,6)38(45)24-13-12-14-25-39-42(7,27-19-26-40(47)44-29-28-43)35-21-16-18-23-37(35)46(39)31-33-55(49,52-10-3)53-11-4/h12-18,20-25H,8-11,19,26-33,43H2,1-7H3/p+1. The Balaban J connectivity index is 1.70. The molecule has 2 aliphatic heterocycles. The third kappa shape index (κ3) is 10.8. The van der Waals surface area contributed by atoms with E-state index in [9.17, 15) is 13.9 Å². The topological polar surface area (TPSA) is 132 Å². The van der Waals surface area contributed by atoms with E-state index in [-0.39, 0.29) is 23.6 Å². The fraction of sp³-hybridized carbons (Fsp3) is 0.524. The lowest BCUT2D eigenvalue weighted by molar-refractivity contribution is -0.432. The maximum atomic E-state index is 13.6. The summed E-state index contributed by atoms with van der Waals surface area (Å²) in [6.45, 7) is 17.0. The Hall–Kier alpha value is -3.14. The van der Waals surface area contributed by atoms with Gasteiger partial charge in [0.1, 0.15) is 6.16 Å². The molecule has 11 nitrogen and oxygen atoms in total. The van der Waals surface area contributed by atoms with Crippen LogP contribution in [0.2, 0.25) is 0 Å². The van der Waals surface area contributed by atoms with Gasteiger partial charge in [-0.25, -0.2) is 0 Å². The summed E-state index contributed by atoms with van der Waals surface area (Å²) in [5.41, 5.74) is 11.5. The molecule has 2 aromatic carbocycles. The van der Waals surface area contributed by atoms with Gasteiger partial charge in [0, 0.05) is 60.6 Å². The van der Waals surface area contributed by atoms with Crippen molar-refractivity contribution >= 4 is 38.2 Å². The number of nitrogens with one attached hydrogen (secondary N) is 1. The van der Waals surface area contributed by atoms with Gasteiger partial charge in [0.2, 0.25) is 11.6 Å². The maximum absolute atomic E-state index is 13.6. The van der Waals surface area contributed by atoms with Gasteiger partial charge >= 0.3 is 15.2 Å². The van der Waals surface area contributed by atoms with Crippen molar-refractivity contribution in [2.45, 2.75) is 78.6 Å². The second-order valence-corrected chi connectivity index (χ2v) is 18.7. The molecule has 1 atom stereocenters. The number of para-hydroxylation sites is 2. The normalized spacial score (nSPS) is 18.9. The van der Waals surface area contributed by atoms with Gasteiger partial charge < -0.3 is 34.0 Å². The van der Waals surface area contributed by atoms with E-state index in [1.807, 2.05) is 64.1 Å². The number of carbonyl (C=O) groups is 1. The summed E-state index contributed by atoms with van der Waals surface area (Å²) in [5.74, 6) is -0.00996. The highest BCUT2D eigenvalue weighted by atomic mass is 31.2. The van der Waals surface area contributed by atoms with Gasteiger partial charge in [-0.3, -0.25) is 13.9 Å². The van der Waals surface area contributed by atoms with Crippen LogP contribution in [-0.2, 0) is 42.8 Å². The monoisotopic (exact) mass is 797 g/mol. The molecule has 4 rings (SSSR count). The summed E-state index contributed by atoms with van der Waals surface area (Å²) in [5, 5.41) is 2.88. The number of nitrogens with zero attached hydrogens (tertiary/aromatic N) is 2. The fourth-order valence-corrected chi connectivity index (χ4v) is 10.9. The van der Waals surface area contributed by atoms with Gasteiger partial charge in [0.25, 0.3) is 0 Å². The molecule has 302 valence electrons. The van der Waals surface area contributed by atoms with Gasteiger partial charge in [-0.2, -0.15) is 4.58 Å². The molecule has 1 amide bonds. The molecular formula is C42H63N4O7P2+. The van der Waals surface area contributed by atoms with Crippen LogP contribution in [0, 0.1) is 0 Å². The third-order valence-corrected chi connectivity index (χ3v) is 14.3. The number of hydrogen-bond acceptors (Lipinski definition) is 9. The molecule has 0 aliphatic carbocycles. The molecule has 2 aliphatic rings. The Bertz CT molecular complexity index is 1820. The van der Waals surface area contributed by atoms with E-state index < -0.39 is 20.6 Å². The number of fused-ring (bicyclic) bond motifs is 2. The Morgan fingerprint density at radius 1 is 0.836 bits per heavy atom. The number of benzene rings is 2. The maximum Gasteiger partial charge on any atom is 0.337 e. The molecule has 0 radical (unpaired) electrons. The van der Waals surface area contributed by atoms with Crippen molar-refractivity contribution in [1.82, 2.24) is 5.32 Å². The van der Waals surface area contributed by atoms with Crippen LogP contribution in [0.25, 0.3) is 0 Å². The predicted octanol–water partition coefficient (Wildman–Crippen LogP) is 8.61. The van der Waals surface area contributed by atoms with Crippen LogP contribution in [0.4, 0.5) is 11.4 Å². The van der Waals surface area contributed by atoms with Crippen LogP contribution >= 0.6 is 15.2 Å². The molecule has 55 heavy (non-hydrogen) atoms. The van der Waals surface area contributed by atoms with Crippen molar-refractivity contribution in [3.8, 4) is 0 Å². The second kappa shape index (κ2) is 20.3. The summed E-state index contributed by atoms with van der Waals surface area (Å²) >= 11 is 0. The molecule has 0 spiro atoms. The predicted molar refractivity (Wildman–Crippen MR) is 224 cm³/mol. The second-order valence-electron chi connectivity index (χ2n) is 14.3. The largest absolute Gasteiger partial charge is 0.355 e. The highest BCUT2D eigenvalue weighted by Gasteiger charge is 2.45. The van der Waals surface area contributed by atoms with Gasteiger partial charge in [-0.05, 0) is 79.0 Å². The summed E-state index contributed by atoms with van der Waals surface area (Å²) in [7, 11) is -6.57. The third-order valence-electron chi connectivity index (χ3n) is 10.2. The number of rotatable bonds is 23. The molecule has 2 heterocycles. The van der Waals surface area contributed by atoms with E-state index in [4.69, 9.17) is 23.8 Å². The van der Waals surface area contributed by atoms with Crippen LogP contribution in [0.1, 0.15) is 78.9 Å². The van der Waals surface area contributed by atoms with Crippen molar-refractivity contribution in [2.24, 2.45) is 5.73 Å². The van der Waals surface area contributed by atoms with Crippen LogP contribution in [0.15, 0.2) is 84.6 Å². The smallest absolute Gasteiger partial charge is 0.337 e. The van der Waals surface area contributed by atoms with Gasteiger partial charge in [-0.1, -0.05) is 54.6 Å². The van der Waals surface area contributed by atoms with E-state index in [1.165, 1.54) is 5.56 Å². The zero-order valence-corrected chi connectivity index (χ0v) is 35.7. The zero-order valence-electron chi connectivity index (χ0n) is 33.9. The first-order valence-electron chi connectivity index (χ1n) is 19.7. The number of anilines is 1. The van der Waals surface area contributed by atoms with Gasteiger partial charge in [-0.15, -0.1) is 0 Å². The average Bonchev–Trinajstić information content (AvgIpc) is 3.52. The van der Waals surface area contributed by atoms with Crippen molar-refractivity contribution in [3.63, 3.8) is 0 Å². The SMILES string of the molecule is CCOP(=O)(CCN1C(=CC=CC=CC2=[N+](CCP(=O)(OCC)OCC)c3ccccc3C2(C)C)C(C)(CCCC(=O)NCCN)c2ccccc21)OCC. The summed E-state index contributed by atoms with van der Waals surface area (Å²) in [4.78, 5) is 14.8. The first-order valence-corrected chi connectivity index (χ1v) is 23.2. The molecule has 0 saturated carbocycles. The highest BCUT2D eigenvalue weighted by molar-refractivity contribution is 7.54.